The first-order chi connectivity index (χ1) is 17.5. The second-order valence-electron chi connectivity index (χ2n) is 9.25. The van der Waals surface area contributed by atoms with Crippen molar-refractivity contribution in [2.75, 3.05) is 27.7 Å². The number of rotatable bonds is 6. The van der Waals surface area contributed by atoms with E-state index in [1.807, 2.05) is 0 Å². The summed E-state index contributed by atoms with van der Waals surface area (Å²) in [6.07, 6.45) is -1.24. The molecule has 0 radical (unpaired) electrons. The topological polar surface area (TPSA) is 171 Å². The summed E-state index contributed by atoms with van der Waals surface area (Å²) in [5.41, 5.74) is 2.16. The van der Waals surface area contributed by atoms with Gasteiger partial charge >= 0.3 is 5.97 Å². The maximum Gasteiger partial charge on any atom is 0.326 e. The molecule has 0 aliphatic carbocycles. The number of phenols is 2. The highest BCUT2D eigenvalue weighted by Gasteiger charge is 2.35. The van der Waals surface area contributed by atoms with Crippen molar-refractivity contribution in [1.82, 2.24) is 20.9 Å². The van der Waals surface area contributed by atoms with Gasteiger partial charge in [-0.05, 0) is 60.6 Å². The van der Waals surface area contributed by atoms with Gasteiger partial charge in [0.2, 0.25) is 11.8 Å². The number of carbonyl (C=O) groups is 3. The van der Waals surface area contributed by atoms with Crippen LogP contribution in [-0.4, -0.2) is 95.0 Å². The minimum atomic E-state index is -1.35. The van der Waals surface area contributed by atoms with Crippen LogP contribution in [0.3, 0.4) is 0 Å². The molecule has 1 heterocycles. The average molecular weight is 515 g/mol. The molecule has 1 aliphatic rings. The predicted molar refractivity (Wildman–Crippen MR) is 136 cm³/mol. The van der Waals surface area contributed by atoms with Crippen LogP contribution in [0.15, 0.2) is 36.4 Å². The summed E-state index contributed by atoms with van der Waals surface area (Å²) in [6, 6.07) is 6.28. The lowest BCUT2D eigenvalue weighted by molar-refractivity contribution is -0.150. The number of carboxylic acid groups (broad SMARTS) is 1. The number of aliphatic hydroxyl groups is 1. The number of nitrogens with zero attached hydrogens (tertiary/aromatic N) is 1. The lowest BCUT2D eigenvalue weighted by atomic mass is 9.95. The summed E-state index contributed by atoms with van der Waals surface area (Å²) in [4.78, 5) is 40.0. The van der Waals surface area contributed by atoms with Crippen molar-refractivity contribution in [2.45, 2.75) is 43.5 Å². The number of benzene rings is 2. The first kappa shape index (κ1) is 27.9. The number of hydrogen-bond donors (Lipinski definition) is 7. The van der Waals surface area contributed by atoms with Crippen LogP contribution >= 0.6 is 0 Å². The van der Waals surface area contributed by atoms with E-state index in [0.717, 1.165) is 4.90 Å². The number of likely N-dealkylation sites (N-methyl/N-ethyl adjacent to an activating group) is 3. The van der Waals surface area contributed by atoms with Crippen molar-refractivity contribution < 1.29 is 34.8 Å². The molecular weight excluding hydrogens is 480 g/mol. The van der Waals surface area contributed by atoms with Crippen LogP contribution in [0.5, 0.6) is 11.5 Å². The number of hydrogen-bond acceptors (Lipinski definition) is 8. The van der Waals surface area contributed by atoms with Crippen molar-refractivity contribution in [2.24, 2.45) is 0 Å². The van der Waals surface area contributed by atoms with Crippen molar-refractivity contribution >= 4 is 17.8 Å². The SMILES string of the molecule is CNC[C@H](O)C[C@@H]1NC(=O)[C@@H](NC)Cc2cc(ccc2O)-c2ccc(O)c(c2)C[C@@H](C(=O)O)N(C)C1=O. The fourth-order valence-corrected chi connectivity index (χ4v) is 4.49. The third kappa shape index (κ3) is 6.56. The van der Waals surface area contributed by atoms with Gasteiger partial charge in [-0.3, -0.25) is 9.59 Å². The molecule has 2 aromatic rings. The first-order valence-electron chi connectivity index (χ1n) is 12.0. The maximum absolute atomic E-state index is 13.5. The molecule has 3 rings (SSSR count). The highest BCUT2D eigenvalue weighted by atomic mass is 16.4. The van der Waals surface area contributed by atoms with E-state index in [4.69, 9.17) is 0 Å². The van der Waals surface area contributed by atoms with E-state index in [1.165, 1.54) is 19.2 Å². The number of amides is 2. The first-order valence-corrected chi connectivity index (χ1v) is 12.0. The van der Waals surface area contributed by atoms with Crippen LogP contribution in [0.1, 0.15) is 17.5 Å². The number of aliphatic hydroxyl groups excluding tert-OH is 1. The molecule has 1 aliphatic heterocycles. The largest absolute Gasteiger partial charge is 0.508 e. The molecule has 37 heavy (non-hydrogen) atoms. The molecule has 7 N–H and O–H groups in total. The van der Waals surface area contributed by atoms with Gasteiger partial charge in [0.1, 0.15) is 23.6 Å². The van der Waals surface area contributed by atoms with Crippen molar-refractivity contribution in [3.8, 4) is 22.6 Å². The lowest BCUT2D eigenvalue weighted by Gasteiger charge is -2.31. The van der Waals surface area contributed by atoms with Gasteiger partial charge in [-0.1, -0.05) is 12.1 Å². The van der Waals surface area contributed by atoms with E-state index in [0.29, 0.717) is 22.3 Å². The molecule has 0 fully saturated rings. The van der Waals surface area contributed by atoms with Crippen LogP contribution < -0.4 is 16.0 Å². The van der Waals surface area contributed by atoms with E-state index in [1.54, 1.807) is 38.4 Å². The summed E-state index contributed by atoms with van der Waals surface area (Å²) >= 11 is 0. The Balaban J connectivity index is 2.14. The van der Waals surface area contributed by atoms with Gasteiger partial charge in [-0.2, -0.15) is 0 Å². The standard InChI is InChI=1S/C26H34N4O7/c1-27-13-18(31)12-20-25(35)30(3)21(26(36)37)11-17-9-15(5-7-23(17)33)14-4-6-22(32)16(8-14)10-19(28-2)24(34)29-20/h4-9,18-21,27-28,31-33H,10-13H2,1-3H3,(H,29,34)(H,36,37)/t18-,19+,20+,21+/m1/s1. The highest BCUT2D eigenvalue weighted by Crippen LogP contribution is 2.31. The summed E-state index contributed by atoms with van der Waals surface area (Å²) in [5.74, 6) is -2.66. The number of aliphatic carboxylic acids is 1. The number of carbonyl (C=O) groups excluding carboxylic acids is 2. The molecule has 0 aromatic heterocycles. The van der Waals surface area contributed by atoms with Crippen molar-refractivity contribution in [1.29, 1.82) is 0 Å². The van der Waals surface area contributed by atoms with Crippen LogP contribution in [0.25, 0.3) is 11.1 Å². The second-order valence-corrected chi connectivity index (χ2v) is 9.25. The van der Waals surface area contributed by atoms with Gasteiger partial charge in [-0.15, -0.1) is 0 Å². The predicted octanol–water partition coefficient (Wildman–Crippen LogP) is -0.182. The molecule has 0 unspecified atom stereocenters. The molecule has 4 atom stereocenters. The monoisotopic (exact) mass is 514 g/mol. The zero-order chi connectivity index (χ0) is 27.3. The molecule has 2 aromatic carbocycles. The Bertz CT molecular complexity index is 1160. The van der Waals surface area contributed by atoms with E-state index in [-0.39, 0.29) is 37.3 Å². The van der Waals surface area contributed by atoms with Crippen LogP contribution in [-0.2, 0) is 27.2 Å². The van der Waals surface area contributed by atoms with Gasteiger partial charge in [0.15, 0.2) is 0 Å². The third-order valence-electron chi connectivity index (χ3n) is 6.66. The zero-order valence-corrected chi connectivity index (χ0v) is 21.1. The number of phenolic OH excluding ortho intramolecular Hbond substituents is 2. The fourth-order valence-electron chi connectivity index (χ4n) is 4.49. The molecule has 0 saturated heterocycles. The van der Waals surface area contributed by atoms with Crippen molar-refractivity contribution in [3.05, 3.63) is 47.5 Å². The zero-order valence-electron chi connectivity index (χ0n) is 21.1. The van der Waals surface area contributed by atoms with Gasteiger partial charge < -0.3 is 41.3 Å². The molecule has 11 nitrogen and oxygen atoms in total. The van der Waals surface area contributed by atoms with Crippen molar-refractivity contribution in [3.63, 3.8) is 0 Å². The number of nitrogens with one attached hydrogen (secondary N) is 3. The Morgan fingerprint density at radius 1 is 1.05 bits per heavy atom. The molecule has 2 amide bonds. The minimum absolute atomic E-state index is 0.0112. The Hall–Kier alpha value is -3.67. The fraction of sp³-hybridized carbons (Fsp3) is 0.423. The lowest BCUT2D eigenvalue weighted by Crippen LogP contribution is -2.57. The number of fused-ring (bicyclic) bond motifs is 5. The molecule has 0 saturated carbocycles. The minimum Gasteiger partial charge on any atom is -0.508 e. The Morgan fingerprint density at radius 2 is 1.62 bits per heavy atom. The van der Waals surface area contributed by atoms with Gasteiger partial charge in [0.05, 0.1) is 12.1 Å². The number of aromatic hydroxyl groups is 2. The Kier molecular flexibility index (Phi) is 9.09. The Morgan fingerprint density at radius 3 is 2.14 bits per heavy atom. The maximum atomic E-state index is 13.5. The van der Waals surface area contributed by atoms with Gasteiger partial charge in [0.25, 0.3) is 0 Å². The summed E-state index contributed by atoms with van der Waals surface area (Å²) < 4.78 is 0. The van der Waals surface area contributed by atoms with Crippen LogP contribution in [0.2, 0.25) is 0 Å². The smallest absolute Gasteiger partial charge is 0.326 e. The normalized spacial score (nSPS) is 21.5. The van der Waals surface area contributed by atoms with Gasteiger partial charge in [0, 0.05) is 32.9 Å². The summed E-state index contributed by atoms with van der Waals surface area (Å²) in [6.45, 7) is 0.155. The second kappa shape index (κ2) is 12.0. The average Bonchev–Trinajstić information content (AvgIpc) is 2.86. The quantitative estimate of drug-likeness (QED) is 0.276. The van der Waals surface area contributed by atoms with E-state index in [9.17, 15) is 34.8 Å². The molecular formula is C26H34N4O7. The highest BCUT2D eigenvalue weighted by molar-refractivity contribution is 5.92. The van der Waals surface area contributed by atoms with E-state index >= 15 is 0 Å². The Labute approximate surface area is 215 Å². The molecule has 200 valence electrons. The van der Waals surface area contributed by atoms with E-state index < -0.39 is 42.0 Å². The summed E-state index contributed by atoms with van der Waals surface area (Å²) in [7, 11) is 4.52. The molecule has 11 heteroatoms. The van der Waals surface area contributed by atoms with Crippen LogP contribution in [0.4, 0.5) is 0 Å². The third-order valence-corrected chi connectivity index (χ3v) is 6.66. The molecule has 4 bridgehead atoms. The van der Waals surface area contributed by atoms with Gasteiger partial charge in [-0.25, -0.2) is 4.79 Å². The molecule has 0 spiro atoms. The van der Waals surface area contributed by atoms with Crippen LogP contribution in [0, 0.1) is 0 Å². The number of carboxylic acids is 1. The summed E-state index contributed by atoms with van der Waals surface area (Å²) in [5, 5.41) is 49.7. The van der Waals surface area contributed by atoms with E-state index in [2.05, 4.69) is 16.0 Å².